The van der Waals surface area contributed by atoms with Crippen LogP contribution in [0.4, 0.5) is 0 Å². The van der Waals surface area contributed by atoms with Crippen LogP contribution in [0, 0.1) is 12.3 Å². The summed E-state index contributed by atoms with van der Waals surface area (Å²) in [4.78, 5) is 7.04. The highest BCUT2D eigenvalue weighted by molar-refractivity contribution is 7.10. The Morgan fingerprint density at radius 1 is 1.53 bits per heavy atom. The molecule has 3 N–H and O–H groups in total. The lowest BCUT2D eigenvalue weighted by Crippen LogP contribution is -2.45. The predicted octanol–water partition coefficient (Wildman–Crippen LogP) is 1.22. The molecule has 0 fully saturated rings. The third kappa shape index (κ3) is 4.44. The third-order valence-corrected chi connectivity index (χ3v) is 3.06. The van der Waals surface area contributed by atoms with Gasteiger partial charge in [0.05, 0.1) is 0 Å². The summed E-state index contributed by atoms with van der Waals surface area (Å²) in [6.45, 7) is 2.80. The maximum absolute atomic E-state index is 7.66. The Bertz CT molecular complexity index is 408. The number of nitrogens with one attached hydrogen (secondary N) is 3. The van der Waals surface area contributed by atoms with Gasteiger partial charge in [0.2, 0.25) is 0 Å². The van der Waals surface area contributed by atoms with Gasteiger partial charge in [-0.3, -0.25) is 15.7 Å². The molecule has 0 unspecified atom stereocenters. The van der Waals surface area contributed by atoms with E-state index in [9.17, 15) is 0 Å². The lowest BCUT2D eigenvalue weighted by Gasteiger charge is -2.17. The van der Waals surface area contributed by atoms with Crippen LogP contribution in [0.25, 0.3) is 0 Å². The topological polar surface area (TPSA) is 63.5 Å². The van der Waals surface area contributed by atoms with Crippen molar-refractivity contribution in [3.63, 3.8) is 0 Å². The standard InChI is InChI=1S/C11H19N5S/c1-8-5-9(7-17-8)6-14-11(13-2)15-10(12)16(3)4/h5,7H,6H2,1-4H3,(H3,12,13,14,15). The van der Waals surface area contributed by atoms with Crippen LogP contribution in [0.1, 0.15) is 10.4 Å². The van der Waals surface area contributed by atoms with Gasteiger partial charge in [0.15, 0.2) is 11.9 Å². The lowest BCUT2D eigenvalue weighted by atomic mass is 10.3. The molecule has 1 rings (SSSR count). The molecule has 0 aliphatic carbocycles. The average Bonchev–Trinajstić information content (AvgIpc) is 2.69. The molecule has 0 saturated carbocycles. The zero-order valence-electron chi connectivity index (χ0n) is 10.7. The molecular weight excluding hydrogens is 234 g/mol. The molecule has 0 bridgehead atoms. The highest BCUT2D eigenvalue weighted by Gasteiger charge is 2.03. The van der Waals surface area contributed by atoms with E-state index in [1.165, 1.54) is 10.4 Å². The first-order chi connectivity index (χ1) is 8.02. The van der Waals surface area contributed by atoms with Gasteiger partial charge in [-0.2, -0.15) is 0 Å². The summed E-state index contributed by atoms with van der Waals surface area (Å²) in [7, 11) is 5.31. The van der Waals surface area contributed by atoms with Crippen LogP contribution in [-0.2, 0) is 6.54 Å². The van der Waals surface area contributed by atoms with Crippen molar-refractivity contribution >= 4 is 23.3 Å². The number of rotatable bonds is 2. The van der Waals surface area contributed by atoms with Crippen LogP contribution in [-0.4, -0.2) is 38.0 Å². The number of aryl methyl sites for hydroxylation is 1. The summed E-state index contributed by atoms with van der Waals surface area (Å²) >= 11 is 1.73. The van der Waals surface area contributed by atoms with Crippen LogP contribution < -0.4 is 10.6 Å². The maximum Gasteiger partial charge on any atom is 0.198 e. The minimum absolute atomic E-state index is 0.305. The first-order valence-corrected chi connectivity index (χ1v) is 6.18. The van der Waals surface area contributed by atoms with E-state index in [-0.39, 0.29) is 0 Å². The lowest BCUT2D eigenvalue weighted by molar-refractivity contribution is 0.597. The molecule has 0 spiro atoms. The average molecular weight is 253 g/mol. The highest BCUT2D eigenvalue weighted by Crippen LogP contribution is 2.12. The van der Waals surface area contributed by atoms with Crippen molar-refractivity contribution in [1.82, 2.24) is 15.5 Å². The fourth-order valence-electron chi connectivity index (χ4n) is 1.18. The van der Waals surface area contributed by atoms with Crippen molar-refractivity contribution in [1.29, 1.82) is 5.41 Å². The number of hydrogen-bond acceptors (Lipinski definition) is 3. The third-order valence-electron chi connectivity index (χ3n) is 2.15. The second-order valence-electron chi connectivity index (χ2n) is 3.86. The van der Waals surface area contributed by atoms with Gasteiger partial charge in [-0.25, -0.2) is 0 Å². The quantitative estimate of drug-likeness (QED) is 0.548. The molecule has 1 aromatic rings. The SMILES string of the molecule is C/N=C(/NCc1csc(C)c1)NC(=N)N(C)C. The van der Waals surface area contributed by atoms with E-state index in [2.05, 4.69) is 34.0 Å². The molecule has 5 nitrogen and oxygen atoms in total. The van der Waals surface area contributed by atoms with Crippen molar-refractivity contribution in [3.05, 3.63) is 21.9 Å². The minimum Gasteiger partial charge on any atom is -0.352 e. The van der Waals surface area contributed by atoms with Crippen molar-refractivity contribution in [2.24, 2.45) is 4.99 Å². The summed E-state index contributed by atoms with van der Waals surface area (Å²) in [5.74, 6) is 0.909. The molecule has 1 aromatic heterocycles. The van der Waals surface area contributed by atoms with E-state index < -0.39 is 0 Å². The molecule has 0 aromatic carbocycles. The Kier molecular flexibility index (Phi) is 4.96. The van der Waals surface area contributed by atoms with E-state index in [1.807, 2.05) is 14.1 Å². The second kappa shape index (κ2) is 6.24. The zero-order valence-corrected chi connectivity index (χ0v) is 11.5. The summed E-state index contributed by atoms with van der Waals surface area (Å²) in [6.07, 6.45) is 0. The van der Waals surface area contributed by atoms with Gasteiger partial charge in [0.25, 0.3) is 0 Å². The minimum atomic E-state index is 0.305. The Morgan fingerprint density at radius 2 is 2.24 bits per heavy atom. The molecule has 0 radical (unpaired) electrons. The fourth-order valence-corrected chi connectivity index (χ4v) is 1.89. The van der Waals surface area contributed by atoms with E-state index in [0.717, 1.165) is 0 Å². The highest BCUT2D eigenvalue weighted by atomic mass is 32.1. The van der Waals surface area contributed by atoms with Gasteiger partial charge >= 0.3 is 0 Å². The number of aliphatic imine (C=N–C) groups is 1. The van der Waals surface area contributed by atoms with Crippen molar-refractivity contribution in [3.8, 4) is 0 Å². The van der Waals surface area contributed by atoms with Gasteiger partial charge in [-0.15, -0.1) is 11.3 Å². The number of thiophene rings is 1. The Morgan fingerprint density at radius 3 is 2.71 bits per heavy atom. The van der Waals surface area contributed by atoms with Crippen molar-refractivity contribution < 1.29 is 0 Å². The number of nitrogens with zero attached hydrogens (tertiary/aromatic N) is 2. The van der Waals surface area contributed by atoms with Crippen LogP contribution in [0.2, 0.25) is 0 Å². The number of guanidine groups is 2. The van der Waals surface area contributed by atoms with Crippen LogP contribution in [0.15, 0.2) is 16.4 Å². The Hall–Kier alpha value is -1.56. The second-order valence-corrected chi connectivity index (χ2v) is 4.97. The normalized spacial score (nSPS) is 11.2. The van der Waals surface area contributed by atoms with Gasteiger partial charge in [-0.05, 0) is 23.9 Å². The maximum atomic E-state index is 7.66. The van der Waals surface area contributed by atoms with E-state index in [4.69, 9.17) is 5.41 Å². The van der Waals surface area contributed by atoms with E-state index in [1.54, 1.807) is 23.3 Å². The largest absolute Gasteiger partial charge is 0.352 e. The molecule has 0 amide bonds. The number of hydrogen-bond donors (Lipinski definition) is 3. The van der Waals surface area contributed by atoms with E-state index in [0.29, 0.717) is 18.5 Å². The summed E-state index contributed by atoms with van der Waals surface area (Å²) < 4.78 is 0. The summed E-state index contributed by atoms with van der Waals surface area (Å²) in [6, 6.07) is 2.14. The smallest absolute Gasteiger partial charge is 0.198 e. The summed E-state index contributed by atoms with van der Waals surface area (Å²) in [5, 5.41) is 15.8. The molecule has 1 heterocycles. The van der Waals surface area contributed by atoms with Crippen molar-refractivity contribution in [2.45, 2.75) is 13.5 Å². The molecule has 0 aliphatic rings. The predicted molar refractivity (Wildman–Crippen MR) is 73.8 cm³/mol. The Balaban J connectivity index is 2.46. The zero-order chi connectivity index (χ0) is 12.8. The van der Waals surface area contributed by atoms with Crippen molar-refractivity contribution in [2.75, 3.05) is 21.1 Å². The molecule has 0 saturated heterocycles. The molecule has 17 heavy (non-hydrogen) atoms. The van der Waals surface area contributed by atoms with E-state index >= 15 is 0 Å². The monoisotopic (exact) mass is 253 g/mol. The van der Waals surface area contributed by atoms with Gasteiger partial charge in [0, 0.05) is 32.6 Å². The van der Waals surface area contributed by atoms with Gasteiger partial charge in [-0.1, -0.05) is 0 Å². The van der Waals surface area contributed by atoms with Gasteiger partial charge in [0.1, 0.15) is 0 Å². The fraction of sp³-hybridized carbons (Fsp3) is 0.455. The van der Waals surface area contributed by atoms with Gasteiger partial charge < -0.3 is 10.2 Å². The molecular formula is C11H19N5S. The first-order valence-electron chi connectivity index (χ1n) is 5.30. The Labute approximate surface area is 106 Å². The van der Waals surface area contributed by atoms with Crippen LogP contribution in [0.5, 0.6) is 0 Å². The first kappa shape index (κ1) is 13.5. The van der Waals surface area contributed by atoms with Crippen LogP contribution in [0.3, 0.4) is 0 Å². The summed E-state index contributed by atoms with van der Waals surface area (Å²) in [5.41, 5.74) is 1.23. The molecule has 0 aliphatic heterocycles. The molecule has 6 heteroatoms. The molecule has 0 atom stereocenters. The van der Waals surface area contributed by atoms with Crippen LogP contribution >= 0.6 is 11.3 Å². The molecule has 94 valence electrons.